The first-order valence-corrected chi connectivity index (χ1v) is 5.75. The van der Waals surface area contributed by atoms with Gasteiger partial charge in [0.05, 0.1) is 11.7 Å². The van der Waals surface area contributed by atoms with Gasteiger partial charge in [0.2, 0.25) is 5.82 Å². The number of rotatable bonds is 5. The highest BCUT2D eigenvalue weighted by atomic mass is 35.5. The Morgan fingerprint density at radius 2 is 2.29 bits per heavy atom. The van der Waals surface area contributed by atoms with Gasteiger partial charge in [-0.05, 0) is 20.8 Å². The topological polar surface area (TPSA) is 62.5 Å². The Hall–Kier alpha value is -1.49. The molecule has 1 aromatic rings. The van der Waals surface area contributed by atoms with Gasteiger partial charge in [0.1, 0.15) is 0 Å². The van der Waals surface area contributed by atoms with Crippen LogP contribution in [0, 0.1) is 0 Å². The molecule has 92 valence electrons. The molecule has 0 saturated carbocycles. The van der Waals surface area contributed by atoms with Gasteiger partial charge in [0, 0.05) is 12.6 Å². The monoisotopic (exact) mass is 253 g/mol. The number of anilines is 1. The van der Waals surface area contributed by atoms with Gasteiger partial charge in [0.15, 0.2) is 5.15 Å². The van der Waals surface area contributed by atoms with E-state index in [9.17, 15) is 0 Å². The lowest BCUT2D eigenvalue weighted by Crippen LogP contribution is -2.00. The van der Waals surface area contributed by atoms with Crippen molar-refractivity contribution in [3.8, 4) is 0 Å². The van der Waals surface area contributed by atoms with Gasteiger partial charge >= 0.3 is 0 Å². The van der Waals surface area contributed by atoms with Crippen LogP contribution in [0.15, 0.2) is 28.4 Å². The molecule has 0 spiro atoms. The number of nitrogens with zero attached hydrogens (tertiary/aromatic N) is 4. The third-order valence-electron chi connectivity index (χ3n) is 2.15. The second-order valence-electron chi connectivity index (χ2n) is 3.67. The van der Waals surface area contributed by atoms with Gasteiger partial charge in [-0.2, -0.15) is 5.11 Å². The molecule has 0 fully saturated rings. The van der Waals surface area contributed by atoms with Gasteiger partial charge in [-0.3, -0.25) is 0 Å². The fourth-order valence-corrected chi connectivity index (χ4v) is 1.14. The predicted octanol–water partition coefficient (Wildman–Crippen LogP) is 3.61. The van der Waals surface area contributed by atoms with E-state index in [0.29, 0.717) is 11.0 Å². The molecule has 0 radical (unpaired) electrons. The summed E-state index contributed by atoms with van der Waals surface area (Å²) >= 11 is 5.77. The highest BCUT2D eigenvalue weighted by Crippen LogP contribution is 2.24. The summed E-state index contributed by atoms with van der Waals surface area (Å²) in [5, 5.41) is 19.2. The summed E-state index contributed by atoms with van der Waals surface area (Å²) in [6.45, 7) is 10.4. The van der Waals surface area contributed by atoms with Crippen LogP contribution < -0.4 is 5.32 Å². The van der Waals surface area contributed by atoms with Crippen molar-refractivity contribution in [3.63, 3.8) is 0 Å². The summed E-state index contributed by atoms with van der Waals surface area (Å²) in [6.07, 6.45) is 0. The van der Waals surface area contributed by atoms with Crippen molar-refractivity contribution in [2.24, 2.45) is 10.2 Å². The van der Waals surface area contributed by atoms with Gasteiger partial charge in [-0.15, -0.1) is 15.3 Å². The van der Waals surface area contributed by atoms with Crippen LogP contribution in [-0.4, -0.2) is 22.8 Å². The van der Waals surface area contributed by atoms with Gasteiger partial charge in [-0.1, -0.05) is 23.8 Å². The lowest BCUT2D eigenvalue weighted by Gasteiger charge is -2.06. The van der Waals surface area contributed by atoms with Crippen LogP contribution in [0.5, 0.6) is 0 Å². The molecule has 5 nitrogen and oxygen atoms in total. The standard InChI is InChI=1S/C11H16ClN5/c1-5-13-9-6-10(12)15-17-11(9)16-14-8(4)7(2)3/h6,8H,2,5H2,1,3-4H3,(H,13,15). The zero-order chi connectivity index (χ0) is 12.8. The minimum atomic E-state index is -0.0399. The summed E-state index contributed by atoms with van der Waals surface area (Å²) in [7, 11) is 0. The molecule has 1 rings (SSSR count). The summed E-state index contributed by atoms with van der Waals surface area (Å²) in [6, 6.07) is 1.64. The molecule has 1 heterocycles. The molecule has 6 heteroatoms. The average molecular weight is 254 g/mol. The Kier molecular flexibility index (Phi) is 5.03. The Morgan fingerprint density at radius 3 is 2.88 bits per heavy atom. The minimum Gasteiger partial charge on any atom is -0.382 e. The molecule has 0 aromatic carbocycles. The SMILES string of the molecule is C=C(C)C(C)N=Nc1nnc(Cl)cc1NCC. The molecule has 1 aromatic heterocycles. The van der Waals surface area contributed by atoms with E-state index in [0.717, 1.165) is 17.8 Å². The van der Waals surface area contributed by atoms with Crippen LogP contribution in [0.1, 0.15) is 20.8 Å². The molecule has 0 saturated heterocycles. The maximum atomic E-state index is 5.77. The fraction of sp³-hybridized carbons (Fsp3) is 0.455. The van der Waals surface area contributed by atoms with Gasteiger partial charge in [0.25, 0.3) is 0 Å². The maximum Gasteiger partial charge on any atom is 0.219 e. The molecule has 0 aliphatic rings. The molecular formula is C11H16ClN5. The molecule has 0 amide bonds. The number of aromatic nitrogens is 2. The molecular weight excluding hydrogens is 238 g/mol. The van der Waals surface area contributed by atoms with Crippen LogP contribution in [0.2, 0.25) is 5.15 Å². The number of halogens is 1. The lowest BCUT2D eigenvalue weighted by molar-refractivity contribution is 0.798. The van der Waals surface area contributed by atoms with Crippen LogP contribution in [0.3, 0.4) is 0 Å². The maximum absolute atomic E-state index is 5.77. The van der Waals surface area contributed by atoms with Gasteiger partial charge < -0.3 is 5.32 Å². The van der Waals surface area contributed by atoms with Crippen molar-refractivity contribution in [3.05, 3.63) is 23.4 Å². The van der Waals surface area contributed by atoms with E-state index in [2.05, 4.69) is 32.3 Å². The van der Waals surface area contributed by atoms with Crippen LogP contribution >= 0.6 is 11.6 Å². The first-order valence-electron chi connectivity index (χ1n) is 5.38. The second-order valence-corrected chi connectivity index (χ2v) is 4.06. The van der Waals surface area contributed by atoms with Crippen molar-refractivity contribution in [1.29, 1.82) is 0 Å². The Balaban J connectivity index is 2.93. The van der Waals surface area contributed by atoms with E-state index >= 15 is 0 Å². The van der Waals surface area contributed by atoms with Crippen molar-refractivity contribution >= 4 is 23.1 Å². The third-order valence-corrected chi connectivity index (χ3v) is 2.34. The van der Waals surface area contributed by atoms with Crippen LogP contribution in [0.4, 0.5) is 11.5 Å². The zero-order valence-electron chi connectivity index (χ0n) is 10.2. The van der Waals surface area contributed by atoms with E-state index in [1.54, 1.807) is 6.07 Å². The first kappa shape index (κ1) is 13.6. The molecule has 1 unspecified atom stereocenters. The van der Waals surface area contributed by atoms with Crippen molar-refractivity contribution in [1.82, 2.24) is 10.2 Å². The Bertz CT molecular complexity index is 430. The number of hydrogen-bond donors (Lipinski definition) is 1. The van der Waals surface area contributed by atoms with Crippen molar-refractivity contribution in [2.75, 3.05) is 11.9 Å². The molecule has 1 N–H and O–H groups in total. The molecule has 0 aliphatic carbocycles. The Morgan fingerprint density at radius 1 is 1.59 bits per heavy atom. The molecule has 17 heavy (non-hydrogen) atoms. The first-order chi connectivity index (χ1) is 8.04. The second kappa shape index (κ2) is 6.30. The van der Waals surface area contributed by atoms with E-state index < -0.39 is 0 Å². The smallest absolute Gasteiger partial charge is 0.219 e. The fourth-order valence-electron chi connectivity index (χ4n) is 0.996. The van der Waals surface area contributed by atoms with E-state index in [4.69, 9.17) is 11.6 Å². The van der Waals surface area contributed by atoms with E-state index in [1.165, 1.54) is 0 Å². The number of nitrogens with one attached hydrogen (secondary N) is 1. The molecule has 0 aliphatic heterocycles. The van der Waals surface area contributed by atoms with E-state index in [1.807, 2.05) is 20.8 Å². The highest BCUT2D eigenvalue weighted by Gasteiger charge is 2.06. The largest absolute Gasteiger partial charge is 0.382 e. The lowest BCUT2D eigenvalue weighted by atomic mass is 10.2. The number of azo groups is 1. The quantitative estimate of drug-likeness (QED) is 0.644. The van der Waals surface area contributed by atoms with E-state index in [-0.39, 0.29) is 6.04 Å². The van der Waals surface area contributed by atoms with Crippen molar-refractivity contribution in [2.45, 2.75) is 26.8 Å². The summed E-state index contributed by atoms with van der Waals surface area (Å²) in [5.41, 5.74) is 1.67. The summed E-state index contributed by atoms with van der Waals surface area (Å²) in [4.78, 5) is 0. The summed E-state index contributed by atoms with van der Waals surface area (Å²) in [5.74, 6) is 0.435. The highest BCUT2D eigenvalue weighted by molar-refractivity contribution is 6.29. The van der Waals surface area contributed by atoms with Crippen LogP contribution in [0.25, 0.3) is 0 Å². The Labute approximate surface area is 106 Å². The normalized spacial score (nSPS) is 12.7. The molecule has 0 bridgehead atoms. The molecule has 1 atom stereocenters. The zero-order valence-corrected chi connectivity index (χ0v) is 11.0. The van der Waals surface area contributed by atoms with Crippen molar-refractivity contribution < 1.29 is 0 Å². The summed E-state index contributed by atoms with van der Waals surface area (Å²) < 4.78 is 0. The predicted molar refractivity (Wildman–Crippen MR) is 70.0 cm³/mol. The van der Waals surface area contributed by atoms with Crippen LogP contribution in [-0.2, 0) is 0 Å². The minimum absolute atomic E-state index is 0.0399. The average Bonchev–Trinajstić information content (AvgIpc) is 2.28. The van der Waals surface area contributed by atoms with Gasteiger partial charge in [-0.25, -0.2) is 0 Å². The third kappa shape index (κ3) is 4.11. The number of hydrogen-bond acceptors (Lipinski definition) is 5.